The molecule has 0 aliphatic carbocycles. The SMILES string of the molecule is CC(C(=O)O)c1ccc(-c2cscn2)cc1. The zero-order chi connectivity index (χ0) is 11.5. The minimum absolute atomic E-state index is 0.468. The molecule has 0 saturated carbocycles. The molecule has 1 aromatic carbocycles. The van der Waals surface area contributed by atoms with Crippen LogP contribution >= 0.6 is 11.3 Å². The Morgan fingerprint density at radius 2 is 2.06 bits per heavy atom. The van der Waals surface area contributed by atoms with Gasteiger partial charge in [0.25, 0.3) is 0 Å². The van der Waals surface area contributed by atoms with Crippen LogP contribution in [0.25, 0.3) is 11.3 Å². The lowest BCUT2D eigenvalue weighted by Crippen LogP contribution is -2.06. The number of hydrogen-bond acceptors (Lipinski definition) is 3. The normalized spacial score (nSPS) is 12.3. The Morgan fingerprint density at radius 1 is 1.38 bits per heavy atom. The average Bonchev–Trinajstić information content (AvgIpc) is 2.81. The smallest absolute Gasteiger partial charge is 0.310 e. The second-order valence-corrected chi connectivity index (χ2v) is 4.27. The van der Waals surface area contributed by atoms with E-state index in [-0.39, 0.29) is 0 Å². The third kappa shape index (κ3) is 2.12. The molecule has 1 N–H and O–H groups in total. The molecule has 4 heteroatoms. The highest BCUT2D eigenvalue weighted by Crippen LogP contribution is 2.22. The summed E-state index contributed by atoms with van der Waals surface area (Å²) in [6.45, 7) is 1.68. The lowest BCUT2D eigenvalue weighted by Gasteiger charge is -2.06. The molecular formula is C12H11NO2S. The van der Waals surface area contributed by atoms with Crippen LogP contribution in [0.4, 0.5) is 0 Å². The summed E-state index contributed by atoms with van der Waals surface area (Å²) < 4.78 is 0. The van der Waals surface area contributed by atoms with Crippen molar-refractivity contribution in [2.75, 3.05) is 0 Å². The third-order valence-corrected chi connectivity index (χ3v) is 3.10. The number of carbonyl (C=O) groups is 1. The van der Waals surface area contributed by atoms with E-state index in [9.17, 15) is 4.79 Å². The van der Waals surface area contributed by atoms with Crippen molar-refractivity contribution >= 4 is 17.3 Å². The Kier molecular flexibility index (Phi) is 3.01. The van der Waals surface area contributed by atoms with Crippen LogP contribution in [-0.2, 0) is 4.79 Å². The molecule has 2 aromatic rings. The van der Waals surface area contributed by atoms with Gasteiger partial charge in [-0.3, -0.25) is 4.79 Å². The highest BCUT2D eigenvalue weighted by atomic mass is 32.1. The number of aliphatic carboxylic acids is 1. The van der Waals surface area contributed by atoms with Crippen LogP contribution in [-0.4, -0.2) is 16.1 Å². The van der Waals surface area contributed by atoms with Gasteiger partial charge in [0.15, 0.2) is 0 Å². The van der Waals surface area contributed by atoms with E-state index >= 15 is 0 Å². The molecule has 0 spiro atoms. The topological polar surface area (TPSA) is 50.2 Å². The first-order valence-corrected chi connectivity index (χ1v) is 5.84. The van der Waals surface area contributed by atoms with E-state index in [0.29, 0.717) is 0 Å². The molecule has 3 nitrogen and oxygen atoms in total. The first-order chi connectivity index (χ1) is 7.68. The summed E-state index contributed by atoms with van der Waals surface area (Å²) >= 11 is 1.54. The highest BCUT2D eigenvalue weighted by molar-refractivity contribution is 7.07. The van der Waals surface area contributed by atoms with Gasteiger partial charge in [-0.15, -0.1) is 11.3 Å². The van der Waals surface area contributed by atoms with E-state index in [1.54, 1.807) is 23.8 Å². The molecular weight excluding hydrogens is 222 g/mol. The Balaban J connectivity index is 2.26. The number of nitrogens with zero attached hydrogens (tertiary/aromatic N) is 1. The van der Waals surface area contributed by atoms with E-state index < -0.39 is 11.9 Å². The van der Waals surface area contributed by atoms with Crippen LogP contribution in [0.5, 0.6) is 0 Å². The van der Waals surface area contributed by atoms with Crippen molar-refractivity contribution in [3.8, 4) is 11.3 Å². The van der Waals surface area contributed by atoms with Crippen molar-refractivity contribution in [2.24, 2.45) is 0 Å². The van der Waals surface area contributed by atoms with Gasteiger partial charge in [-0.1, -0.05) is 24.3 Å². The van der Waals surface area contributed by atoms with Gasteiger partial charge in [-0.2, -0.15) is 0 Å². The van der Waals surface area contributed by atoms with Crippen LogP contribution in [0.15, 0.2) is 35.2 Å². The molecule has 1 atom stereocenters. The second-order valence-electron chi connectivity index (χ2n) is 3.56. The number of thiazole rings is 1. The molecule has 0 radical (unpaired) electrons. The molecule has 82 valence electrons. The number of carboxylic acids is 1. The van der Waals surface area contributed by atoms with Crippen molar-refractivity contribution in [3.63, 3.8) is 0 Å². The molecule has 0 aliphatic rings. The van der Waals surface area contributed by atoms with Crippen LogP contribution in [0.2, 0.25) is 0 Å². The van der Waals surface area contributed by atoms with Crippen molar-refractivity contribution in [3.05, 3.63) is 40.7 Å². The van der Waals surface area contributed by atoms with E-state index in [0.717, 1.165) is 16.8 Å². The minimum atomic E-state index is -0.804. The fourth-order valence-corrected chi connectivity index (χ4v) is 2.00. The number of hydrogen-bond donors (Lipinski definition) is 1. The summed E-state index contributed by atoms with van der Waals surface area (Å²) in [7, 11) is 0. The van der Waals surface area contributed by atoms with Gasteiger partial charge < -0.3 is 5.11 Å². The molecule has 1 aromatic heterocycles. The molecule has 0 saturated heterocycles. The van der Waals surface area contributed by atoms with Gasteiger partial charge in [0.05, 0.1) is 17.1 Å². The van der Waals surface area contributed by atoms with Crippen molar-refractivity contribution in [2.45, 2.75) is 12.8 Å². The van der Waals surface area contributed by atoms with Crippen LogP contribution in [0.1, 0.15) is 18.4 Å². The molecule has 0 fully saturated rings. The number of aromatic nitrogens is 1. The lowest BCUT2D eigenvalue weighted by molar-refractivity contribution is -0.138. The quantitative estimate of drug-likeness (QED) is 0.886. The lowest BCUT2D eigenvalue weighted by atomic mass is 9.99. The summed E-state index contributed by atoms with van der Waals surface area (Å²) in [5, 5.41) is 10.8. The predicted octanol–water partition coefficient (Wildman–Crippen LogP) is 3.00. The highest BCUT2D eigenvalue weighted by Gasteiger charge is 2.13. The van der Waals surface area contributed by atoms with Gasteiger partial charge in [0.1, 0.15) is 0 Å². The standard InChI is InChI=1S/C12H11NO2S/c1-8(12(14)15)9-2-4-10(5-3-9)11-6-16-7-13-11/h2-8H,1H3,(H,14,15). The maximum Gasteiger partial charge on any atom is 0.310 e. The molecule has 2 rings (SSSR count). The Labute approximate surface area is 97.4 Å². The monoisotopic (exact) mass is 233 g/mol. The fourth-order valence-electron chi connectivity index (χ4n) is 1.44. The number of benzene rings is 1. The average molecular weight is 233 g/mol. The van der Waals surface area contributed by atoms with Gasteiger partial charge in [-0.05, 0) is 12.5 Å². The summed E-state index contributed by atoms with van der Waals surface area (Å²) in [6.07, 6.45) is 0. The Hall–Kier alpha value is -1.68. The first kappa shape index (κ1) is 10.8. The van der Waals surface area contributed by atoms with Crippen LogP contribution in [0, 0.1) is 0 Å². The minimum Gasteiger partial charge on any atom is -0.481 e. The van der Waals surface area contributed by atoms with Gasteiger partial charge in [0, 0.05) is 10.9 Å². The molecule has 0 bridgehead atoms. The van der Waals surface area contributed by atoms with E-state index in [1.807, 2.05) is 29.6 Å². The number of carboxylic acid groups (broad SMARTS) is 1. The summed E-state index contributed by atoms with van der Waals surface area (Å²) in [4.78, 5) is 15.0. The van der Waals surface area contributed by atoms with Crippen LogP contribution in [0.3, 0.4) is 0 Å². The Bertz CT molecular complexity index is 476. The van der Waals surface area contributed by atoms with E-state index in [1.165, 1.54) is 0 Å². The predicted molar refractivity (Wildman–Crippen MR) is 63.6 cm³/mol. The molecule has 1 heterocycles. The van der Waals surface area contributed by atoms with Crippen LogP contribution < -0.4 is 0 Å². The summed E-state index contributed by atoms with van der Waals surface area (Å²) in [6, 6.07) is 7.49. The largest absolute Gasteiger partial charge is 0.481 e. The van der Waals surface area contributed by atoms with Crippen molar-refractivity contribution in [1.29, 1.82) is 0 Å². The molecule has 16 heavy (non-hydrogen) atoms. The van der Waals surface area contributed by atoms with Gasteiger partial charge in [0.2, 0.25) is 0 Å². The summed E-state index contributed by atoms with van der Waals surface area (Å²) in [5.41, 5.74) is 4.54. The third-order valence-electron chi connectivity index (χ3n) is 2.51. The van der Waals surface area contributed by atoms with E-state index in [2.05, 4.69) is 4.98 Å². The maximum absolute atomic E-state index is 10.8. The van der Waals surface area contributed by atoms with Crippen molar-refractivity contribution < 1.29 is 9.90 Å². The Morgan fingerprint density at radius 3 is 2.56 bits per heavy atom. The first-order valence-electron chi connectivity index (χ1n) is 4.90. The van der Waals surface area contributed by atoms with Crippen molar-refractivity contribution in [1.82, 2.24) is 4.98 Å². The number of rotatable bonds is 3. The van der Waals surface area contributed by atoms with Gasteiger partial charge in [-0.25, -0.2) is 4.98 Å². The summed E-state index contributed by atoms with van der Waals surface area (Å²) in [5.74, 6) is -1.27. The zero-order valence-corrected chi connectivity index (χ0v) is 9.57. The second kappa shape index (κ2) is 4.45. The van der Waals surface area contributed by atoms with Gasteiger partial charge >= 0.3 is 5.97 Å². The van der Waals surface area contributed by atoms with E-state index in [4.69, 9.17) is 5.11 Å². The molecule has 0 aliphatic heterocycles. The molecule has 1 unspecified atom stereocenters. The maximum atomic E-state index is 10.8. The fraction of sp³-hybridized carbons (Fsp3) is 0.167. The molecule has 0 amide bonds. The zero-order valence-electron chi connectivity index (χ0n) is 8.75.